The van der Waals surface area contributed by atoms with Crippen LogP contribution in [0.25, 0.3) is 0 Å². The number of amides is 3. The monoisotopic (exact) mass is 648 g/mol. The van der Waals surface area contributed by atoms with Gasteiger partial charge in [-0.1, -0.05) is 27.7 Å². The summed E-state index contributed by atoms with van der Waals surface area (Å²) in [7, 11) is 0. The average Bonchev–Trinajstić information content (AvgIpc) is 2.98. The Hall–Kier alpha value is -3.02. The van der Waals surface area contributed by atoms with Crippen molar-refractivity contribution in [3.8, 4) is 0 Å². The SMILES string of the molecule is CCCN(CCC)C(=O)c1cc(C)cc(C(=O)NC(Cc2cc(F)cc(F)c2)C(O)CN[C@@H](CCSC)C(=O)NCC(C)C)c1. The van der Waals surface area contributed by atoms with Crippen LogP contribution in [-0.2, 0) is 11.2 Å². The highest BCUT2D eigenvalue weighted by molar-refractivity contribution is 7.98. The fourth-order valence-corrected chi connectivity index (χ4v) is 5.46. The second-order valence-corrected chi connectivity index (χ2v) is 12.9. The predicted molar refractivity (Wildman–Crippen MR) is 178 cm³/mol. The first-order valence-corrected chi connectivity index (χ1v) is 17.1. The number of thioether (sulfide) groups is 1. The van der Waals surface area contributed by atoms with Crippen LogP contribution in [0.3, 0.4) is 0 Å². The number of rotatable bonds is 19. The number of hydrogen-bond acceptors (Lipinski definition) is 6. The lowest BCUT2D eigenvalue weighted by Gasteiger charge is -2.27. The smallest absolute Gasteiger partial charge is 0.253 e. The highest BCUT2D eigenvalue weighted by atomic mass is 32.2. The fourth-order valence-electron chi connectivity index (χ4n) is 4.99. The maximum Gasteiger partial charge on any atom is 0.253 e. The second kappa shape index (κ2) is 19.5. The zero-order chi connectivity index (χ0) is 33.5. The summed E-state index contributed by atoms with van der Waals surface area (Å²) in [6.07, 6.45) is 2.78. The number of aliphatic hydroxyl groups is 1. The summed E-state index contributed by atoms with van der Waals surface area (Å²) in [4.78, 5) is 41.5. The van der Waals surface area contributed by atoms with E-state index in [0.717, 1.165) is 31.0 Å². The van der Waals surface area contributed by atoms with Crippen molar-refractivity contribution in [3.05, 3.63) is 70.3 Å². The van der Waals surface area contributed by atoms with Crippen LogP contribution >= 0.6 is 11.8 Å². The van der Waals surface area contributed by atoms with E-state index in [0.29, 0.717) is 42.9 Å². The minimum Gasteiger partial charge on any atom is -0.390 e. The Bertz CT molecular complexity index is 1240. The number of benzene rings is 2. The summed E-state index contributed by atoms with van der Waals surface area (Å²) in [5, 5.41) is 20.2. The van der Waals surface area contributed by atoms with Crippen LogP contribution in [0.5, 0.6) is 0 Å². The second-order valence-electron chi connectivity index (χ2n) is 11.9. The molecule has 0 heterocycles. The van der Waals surface area contributed by atoms with Crippen LogP contribution in [0.1, 0.15) is 78.8 Å². The van der Waals surface area contributed by atoms with Crippen LogP contribution < -0.4 is 16.0 Å². The van der Waals surface area contributed by atoms with E-state index in [1.807, 2.05) is 34.0 Å². The highest BCUT2D eigenvalue weighted by Gasteiger charge is 2.26. The summed E-state index contributed by atoms with van der Waals surface area (Å²) in [5.74, 6) is -1.45. The van der Waals surface area contributed by atoms with Crippen molar-refractivity contribution in [2.75, 3.05) is 38.2 Å². The molecule has 4 N–H and O–H groups in total. The molecule has 2 aromatic carbocycles. The van der Waals surface area contributed by atoms with Crippen LogP contribution in [0.2, 0.25) is 0 Å². The number of carbonyl (C=O) groups excluding carboxylic acids is 3. The molecule has 0 fully saturated rings. The van der Waals surface area contributed by atoms with E-state index in [2.05, 4.69) is 16.0 Å². The van der Waals surface area contributed by atoms with E-state index in [-0.39, 0.29) is 41.8 Å². The Morgan fingerprint density at radius 1 is 0.933 bits per heavy atom. The summed E-state index contributed by atoms with van der Waals surface area (Å²) in [6.45, 7) is 11.4. The van der Waals surface area contributed by atoms with E-state index < -0.39 is 35.7 Å². The number of halogens is 2. The highest BCUT2D eigenvalue weighted by Crippen LogP contribution is 2.16. The summed E-state index contributed by atoms with van der Waals surface area (Å²) in [6, 6.07) is 6.44. The molecular formula is C34H50F2N4O4S. The molecule has 0 aliphatic carbocycles. The zero-order valence-corrected chi connectivity index (χ0v) is 28.2. The van der Waals surface area contributed by atoms with Crippen molar-refractivity contribution < 1.29 is 28.3 Å². The van der Waals surface area contributed by atoms with E-state index in [4.69, 9.17) is 0 Å². The lowest BCUT2D eigenvalue weighted by molar-refractivity contribution is -0.123. The van der Waals surface area contributed by atoms with Gasteiger partial charge in [0.25, 0.3) is 11.8 Å². The van der Waals surface area contributed by atoms with E-state index in [1.54, 1.807) is 35.7 Å². The largest absolute Gasteiger partial charge is 0.390 e. The van der Waals surface area contributed by atoms with E-state index >= 15 is 0 Å². The third-order valence-electron chi connectivity index (χ3n) is 7.20. The lowest BCUT2D eigenvalue weighted by Crippen LogP contribution is -2.53. The summed E-state index contributed by atoms with van der Waals surface area (Å²) in [5.41, 5.74) is 1.58. The first-order valence-electron chi connectivity index (χ1n) is 15.7. The quantitative estimate of drug-likeness (QED) is 0.176. The van der Waals surface area contributed by atoms with E-state index in [1.165, 1.54) is 6.07 Å². The molecule has 250 valence electrons. The maximum atomic E-state index is 14.1. The molecule has 0 radical (unpaired) electrons. The molecule has 2 aromatic rings. The van der Waals surface area contributed by atoms with Crippen LogP contribution in [-0.4, -0.2) is 84.1 Å². The molecule has 3 amide bonds. The van der Waals surface area contributed by atoms with Crippen LogP contribution in [0, 0.1) is 24.5 Å². The molecule has 2 unspecified atom stereocenters. The topological polar surface area (TPSA) is 111 Å². The van der Waals surface area contributed by atoms with Crippen molar-refractivity contribution in [3.63, 3.8) is 0 Å². The Morgan fingerprint density at radius 2 is 1.56 bits per heavy atom. The molecule has 0 spiro atoms. The molecule has 0 aliphatic rings. The maximum absolute atomic E-state index is 14.1. The first kappa shape index (κ1) is 38.2. The molecular weight excluding hydrogens is 598 g/mol. The number of nitrogens with zero attached hydrogens (tertiary/aromatic N) is 1. The Balaban J connectivity index is 2.32. The minimum absolute atomic E-state index is 0.0581. The summed E-state index contributed by atoms with van der Waals surface area (Å²) >= 11 is 1.60. The summed E-state index contributed by atoms with van der Waals surface area (Å²) < 4.78 is 28.1. The van der Waals surface area contributed by atoms with Crippen molar-refractivity contribution >= 4 is 29.5 Å². The predicted octanol–water partition coefficient (Wildman–Crippen LogP) is 4.72. The number of hydrogen-bond donors (Lipinski definition) is 4. The lowest BCUT2D eigenvalue weighted by atomic mass is 9.99. The number of aliphatic hydroxyl groups excluding tert-OH is 1. The van der Waals surface area contributed by atoms with Crippen LogP contribution in [0.15, 0.2) is 36.4 Å². The average molecular weight is 649 g/mol. The number of nitrogens with one attached hydrogen (secondary N) is 3. The molecule has 45 heavy (non-hydrogen) atoms. The number of carbonyl (C=O) groups is 3. The van der Waals surface area contributed by atoms with Gasteiger partial charge in [0, 0.05) is 43.4 Å². The Morgan fingerprint density at radius 3 is 2.13 bits per heavy atom. The van der Waals surface area contributed by atoms with Gasteiger partial charge in [-0.05, 0) is 92.0 Å². The Labute approximate surface area is 271 Å². The molecule has 0 saturated heterocycles. The molecule has 2 rings (SSSR count). The molecule has 0 aromatic heterocycles. The van der Waals surface area contributed by atoms with Crippen molar-refractivity contribution in [2.24, 2.45) is 5.92 Å². The van der Waals surface area contributed by atoms with Crippen LogP contribution in [0.4, 0.5) is 8.78 Å². The minimum atomic E-state index is -1.22. The molecule has 3 atom stereocenters. The normalized spacial score (nSPS) is 13.3. The molecule has 0 bridgehead atoms. The van der Waals surface area contributed by atoms with Crippen molar-refractivity contribution in [1.82, 2.24) is 20.9 Å². The van der Waals surface area contributed by atoms with Crippen molar-refractivity contribution in [1.29, 1.82) is 0 Å². The zero-order valence-electron chi connectivity index (χ0n) is 27.4. The molecule has 11 heteroatoms. The molecule has 8 nitrogen and oxygen atoms in total. The van der Waals surface area contributed by atoms with Crippen molar-refractivity contribution in [2.45, 2.75) is 78.5 Å². The third-order valence-corrected chi connectivity index (χ3v) is 7.85. The standard InChI is InChI=1S/C34H50F2N4O4S/c1-7-10-40(11-8-2)34(44)26-14-23(5)13-25(18-26)32(42)39-30(17-24-15-27(35)19-28(36)16-24)31(41)21-37-29(9-12-45-6)33(43)38-20-22(3)4/h13-16,18-19,22,29-31,37,41H,7-12,17,20-21H2,1-6H3,(H,38,43)(H,39,42)/t29-,30?,31?/m0/s1. The van der Waals surface area contributed by atoms with E-state index in [9.17, 15) is 28.3 Å². The van der Waals surface area contributed by atoms with Gasteiger partial charge in [-0.2, -0.15) is 11.8 Å². The molecule has 0 saturated carbocycles. The van der Waals surface area contributed by atoms with Gasteiger partial charge in [0.05, 0.1) is 18.2 Å². The van der Waals surface area contributed by atoms with Gasteiger partial charge in [0.15, 0.2) is 0 Å². The van der Waals surface area contributed by atoms with Gasteiger partial charge >= 0.3 is 0 Å². The first-order chi connectivity index (χ1) is 21.4. The van der Waals surface area contributed by atoms with Gasteiger partial charge in [-0.3, -0.25) is 14.4 Å². The van der Waals surface area contributed by atoms with Gasteiger partial charge < -0.3 is 26.0 Å². The number of aryl methyl sites for hydroxylation is 1. The van der Waals surface area contributed by atoms with Gasteiger partial charge in [0.2, 0.25) is 5.91 Å². The molecule has 0 aliphatic heterocycles. The van der Waals surface area contributed by atoms with Gasteiger partial charge in [-0.25, -0.2) is 8.78 Å². The third kappa shape index (κ3) is 13.1. The Kier molecular flexibility index (Phi) is 16.5. The van der Waals surface area contributed by atoms with Gasteiger partial charge in [-0.15, -0.1) is 0 Å². The van der Waals surface area contributed by atoms with Gasteiger partial charge in [0.1, 0.15) is 11.6 Å². The fraction of sp³-hybridized carbons (Fsp3) is 0.559.